The van der Waals surface area contributed by atoms with Gasteiger partial charge in [-0.2, -0.15) is 8.78 Å². The lowest BCUT2D eigenvalue weighted by atomic mass is 10.0. The molecule has 0 rings (SSSR count). The van der Waals surface area contributed by atoms with E-state index in [1.54, 1.807) is 0 Å². The largest absolute Gasteiger partial charge is 0.266 e. The fraction of sp³-hybridized carbons (Fsp3) is 0.571. The Bertz CT molecular complexity index is 588. The first-order valence-corrected chi connectivity index (χ1v) is 11.5. The summed E-state index contributed by atoms with van der Waals surface area (Å²) in [7, 11) is 0. The molecule has 0 aliphatic heterocycles. The summed E-state index contributed by atoms with van der Waals surface area (Å²) in [5.74, 6) is 0. The van der Waals surface area contributed by atoms with Crippen molar-refractivity contribution in [2.45, 2.75) is 106 Å². The Balaban J connectivity index is 4.05. The van der Waals surface area contributed by atoms with Crippen molar-refractivity contribution in [3.05, 3.63) is 70.4 Å². The normalized spacial score (nSPS) is 13.5. The van der Waals surface area contributed by atoms with Gasteiger partial charge in [-0.3, -0.25) is 0 Å². The highest BCUT2D eigenvalue weighted by atomic mass is 19.3. The van der Waals surface area contributed by atoms with Crippen LogP contribution in [0.4, 0.5) is 8.78 Å². The number of halogens is 2. The van der Waals surface area contributed by atoms with Crippen molar-refractivity contribution < 1.29 is 8.78 Å². The first-order chi connectivity index (χ1) is 14.2. The van der Waals surface area contributed by atoms with Crippen LogP contribution in [0, 0.1) is 0 Å². The van der Waals surface area contributed by atoms with Crippen molar-refractivity contribution in [1.82, 2.24) is 0 Å². The molecule has 0 aliphatic carbocycles. The molecule has 30 heavy (non-hydrogen) atoms. The maximum Gasteiger partial charge on any atom is 0.266 e. The summed E-state index contributed by atoms with van der Waals surface area (Å²) in [6.07, 6.45) is 21.0. The van der Waals surface area contributed by atoms with Gasteiger partial charge in [-0.15, -0.1) is 0 Å². The van der Waals surface area contributed by atoms with Crippen LogP contribution in [0.15, 0.2) is 70.4 Å². The molecule has 0 fully saturated rings. The Kier molecular flexibility index (Phi) is 17.1. The van der Waals surface area contributed by atoms with Crippen LogP contribution in [0.25, 0.3) is 0 Å². The average Bonchev–Trinajstić information content (AvgIpc) is 2.64. The van der Waals surface area contributed by atoms with Gasteiger partial charge in [-0.25, -0.2) is 0 Å². The molecule has 0 bridgehead atoms. The molecule has 0 heterocycles. The van der Waals surface area contributed by atoms with E-state index in [1.807, 2.05) is 6.92 Å². The van der Waals surface area contributed by atoms with Crippen molar-refractivity contribution in [1.29, 1.82) is 0 Å². The van der Waals surface area contributed by atoms with E-state index in [9.17, 15) is 8.78 Å². The maximum atomic E-state index is 12.0. The molecule has 0 amide bonds. The minimum absolute atomic E-state index is 0.427. The monoisotopic (exact) mass is 418 g/mol. The highest BCUT2D eigenvalue weighted by molar-refractivity contribution is 5.07. The molecule has 0 N–H and O–H groups in total. The summed E-state index contributed by atoms with van der Waals surface area (Å²) in [5, 5.41) is 0. The number of hydrogen-bond acceptors (Lipinski definition) is 0. The molecule has 0 radical (unpaired) electrons. The zero-order chi connectivity index (χ0) is 22.8. The quantitative estimate of drug-likeness (QED) is 0.183. The van der Waals surface area contributed by atoms with Crippen molar-refractivity contribution in [3.8, 4) is 0 Å². The van der Waals surface area contributed by atoms with Crippen LogP contribution in [0.5, 0.6) is 0 Å². The molecule has 0 spiro atoms. The van der Waals surface area contributed by atoms with Crippen LogP contribution >= 0.6 is 0 Å². The molecule has 2 heteroatoms. The highest BCUT2D eigenvalue weighted by Gasteiger charge is 1.95. The Morgan fingerprint density at radius 2 is 0.733 bits per heavy atom. The topological polar surface area (TPSA) is 0 Å². The molecule has 0 aromatic rings. The Morgan fingerprint density at radius 3 is 1.07 bits per heavy atom. The van der Waals surface area contributed by atoms with E-state index in [2.05, 4.69) is 65.0 Å². The van der Waals surface area contributed by atoms with Gasteiger partial charge in [0.1, 0.15) is 0 Å². The lowest BCUT2D eigenvalue weighted by molar-refractivity contribution is 0.417. The van der Waals surface area contributed by atoms with Crippen molar-refractivity contribution in [2.24, 2.45) is 0 Å². The molecule has 0 saturated heterocycles. The zero-order valence-electron chi connectivity index (χ0n) is 20.3. The van der Waals surface area contributed by atoms with Crippen molar-refractivity contribution in [3.63, 3.8) is 0 Å². The summed E-state index contributed by atoms with van der Waals surface area (Å²) in [4.78, 5) is 0. The van der Waals surface area contributed by atoms with Crippen molar-refractivity contribution in [2.75, 3.05) is 0 Å². The third-order valence-corrected chi connectivity index (χ3v) is 5.14. The number of unbranched alkanes of at least 4 members (excludes halogenated alkanes) is 1. The van der Waals surface area contributed by atoms with Gasteiger partial charge in [0.05, 0.1) is 0 Å². The van der Waals surface area contributed by atoms with E-state index in [0.717, 1.165) is 51.0 Å². The fourth-order valence-electron chi connectivity index (χ4n) is 3.16. The first kappa shape index (κ1) is 28.3. The van der Waals surface area contributed by atoms with Crippen LogP contribution in [-0.4, -0.2) is 0 Å². The molecular formula is C28H44F2. The molecular weight excluding hydrogens is 374 g/mol. The number of rotatable bonds is 15. The smallest absolute Gasteiger partial charge is 0.174 e. The van der Waals surface area contributed by atoms with E-state index >= 15 is 0 Å². The van der Waals surface area contributed by atoms with Gasteiger partial charge in [0.25, 0.3) is 6.08 Å². The highest BCUT2D eigenvalue weighted by Crippen LogP contribution is 2.14. The first-order valence-electron chi connectivity index (χ1n) is 11.5. The van der Waals surface area contributed by atoms with E-state index < -0.39 is 6.08 Å². The van der Waals surface area contributed by atoms with Crippen LogP contribution in [-0.2, 0) is 0 Å². The number of allylic oxidation sites excluding steroid dienone is 11. The standard InChI is InChI=1S/C28H44F2/c1-23(2)13-9-16-26(5)19-10-17-24(3)14-7-8-15-25(4)18-11-20-27(6)21-12-22-28(29)30/h13-15,19-20,22H,7-12,16-18,21H2,1-6H3/b24-14-,25-15+,26-19+,27-20-. The van der Waals surface area contributed by atoms with Gasteiger partial charge < -0.3 is 0 Å². The van der Waals surface area contributed by atoms with Gasteiger partial charge in [0.2, 0.25) is 0 Å². The maximum absolute atomic E-state index is 12.0. The summed E-state index contributed by atoms with van der Waals surface area (Å²) < 4.78 is 24.0. The molecule has 0 nitrogen and oxygen atoms in total. The Morgan fingerprint density at radius 1 is 0.433 bits per heavy atom. The zero-order valence-corrected chi connectivity index (χ0v) is 20.3. The van der Waals surface area contributed by atoms with Crippen LogP contribution in [0.1, 0.15) is 106 Å². The second kappa shape index (κ2) is 18.1. The predicted octanol–water partition coefficient (Wildman–Crippen LogP) is 10.4. The van der Waals surface area contributed by atoms with Crippen molar-refractivity contribution >= 4 is 0 Å². The van der Waals surface area contributed by atoms with E-state index in [4.69, 9.17) is 0 Å². The second-order valence-corrected chi connectivity index (χ2v) is 8.71. The molecule has 0 unspecified atom stereocenters. The lowest BCUT2D eigenvalue weighted by Crippen LogP contribution is -1.82. The molecule has 0 aromatic heterocycles. The van der Waals surface area contributed by atoms with Gasteiger partial charge >= 0.3 is 0 Å². The summed E-state index contributed by atoms with van der Waals surface area (Å²) in [6.45, 7) is 13.0. The minimum atomic E-state index is -1.58. The van der Waals surface area contributed by atoms with Gasteiger partial charge in [-0.1, -0.05) is 58.2 Å². The Labute approximate surface area is 185 Å². The van der Waals surface area contributed by atoms with Crippen LogP contribution < -0.4 is 0 Å². The van der Waals surface area contributed by atoms with Crippen LogP contribution in [0.2, 0.25) is 0 Å². The third-order valence-electron chi connectivity index (χ3n) is 5.14. The summed E-state index contributed by atoms with van der Waals surface area (Å²) in [5.41, 5.74) is 6.98. The number of hydrogen-bond donors (Lipinski definition) is 0. The van der Waals surface area contributed by atoms with Gasteiger partial charge in [-0.05, 0) is 112 Å². The molecule has 0 aliphatic rings. The van der Waals surface area contributed by atoms with E-state index in [0.29, 0.717) is 12.8 Å². The van der Waals surface area contributed by atoms with E-state index in [1.165, 1.54) is 34.3 Å². The SMILES string of the molecule is CC(C)=CCC/C(C)=C/CC/C(C)=C\CC/C=C(\C)CC/C=C(/C)CCC=C(F)F. The lowest BCUT2D eigenvalue weighted by Gasteiger charge is -2.02. The molecule has 0 atom stereocenters. The molecule has 0 aromatic carbocycles. The minimum Gasteiger partial charge on any atom is -0.174 e. The predicted molar refractivity (Wildman–Crippen MR) is 131 cm³/mol. The van der Waals surface area contributed by atoms with Gasteiger partial charge in [0, 0.05) is 0 Å². The Hall–Kier alpha value is -1.70. The average molecular weight is 419 g/mol. The molecule has 170 valence electrons. The molecule has 0 saturated carbocycles. The second-order valence-electron chi connectivity index (χ2n) is 8.71. The van der Waals surface area contributed by atoms with E-state index in [-0.39, 0.29) is 0 Å². The van der Waals surface area contributed by atoms with Crippen LogP contribution in [0.3, 0.4) is 0 Å². The third kappa shape index (κ3) is 19.6. The fourth-order valence-corrected chi connectivity index (χ4v) is 3.16. The summed E-state index contributed by atoms with van der Waals surface area (Å²) >= 11 is 0. The summed E-state index contributed by atoms with van der Waals surface area (Å²) in [6, 6.07) is 0. The van der Waals surface area contributed by atoms with Gasteiger partial charge in [0.15, 0.2) is 0 Å².